The van der Waals surface area contributed by atoms with Gasteiger partial charge in [0.2, 0.25) is 6.17 Å². The lowest BCUT2D eigenvalue weighted by atomic mass is 10.1. The molecule has 8 heteroatoms. The summed E-state index contributed by atoms with van der Waals surface area (Å²) in [7, 11) is 0. The molecule has 0 saturated carbocycles. The predicted molar refractivity (Wildman–Crippen MR) is 141 cm³/mol. The van der Waals surface area contributed by atoms with Crippen LogP contribution in [0.2, 0.25) is 5.02 Å². The Morgan fingerprint density at radius 2 is 1.94 bits per heavy atom. The number of para-hydroxylation sites is 1. The summed E-state index contributed by atoms with van der Waals surface area (Å²) in [6, 6.07) is 17.2. The van der Waals surface area contributed by atoms with Crippen LogP contribution < -0.4 is 15.9 Å². The number of hydrogen-bond donors (Lipinski definition) is 1. The van der Waals surface area contributed by atoms with Crippen molar-refractivity contribution < 1.29 is 9.21 Å². The molecule has 35 heavy (non-hydrogen) atoms. The van der Waals surface area contributed by atoms with Gasteiger partial charge in [-0.25, -0.2) is 10.0 Å². The van der Waals surface area contributed by atoms with Crippen LogP contribution in [0.3, 0.4) is 0 Å². The van der Waals surface area contributed by atoms with Crippen LogP contribution >= 0.6 is 23.4 Å². The van der Waals surface area contributed by atoms with Crippen LogP contribution in [0.4, 0.5) is 0 Å². The second-order valence-electron chi connectivity index (χ2n) is 8.60. The van der Waals surface area contributed by atoms with E-state index < -0.39 is 6.17 Å². The highest BCUT2D eigenvalue weighted by molar-refractivity contribution is 8.13. The number of amidine groups is 1. The fourth-order valence-electron chi connectivity index (χ4n) is 4.29. The molecule has 2 aliphatic rings. The van der Waals surface area contributed by atoms with E-state index in [4.69, 9.17) is 26.1 Å². The molecule has 6 nitrogen and oxygen atoms in total. The second kappa shape index (κ2) is 10.3. The molecule has 0 fully saturated rings. The first-order valence-electron chi connectivity index (χ1n) is 11.9. The van der Waals surface area contributed by atoms with Crippen molar-refractivity contribution in [3.63, 3.8) is 0 Å². The van der Waals surface area contributed by atoms with Crippen LogP contribution in [-0.2, 0) is 4.79 Å². The Morgan fingerprint density at radius 3 is 2.80 bits per heavy atom. The number of rotatable bonds is 7. The van der Waals surface area contributed by atoms with Crippen molar-refractivity contribution in [2.75, 3.05) is 5.75 Å². The van der Waals surface area contributed by atoms with Gasteiger partial charge in [-0.2, -0.15) is 0 Å². The summed E-state index contributed by atoms with van der Waals surface area (Å²) < 4.78 is 6.29. The van der Waals surface area contributed by atoms with Gasteiger partial charge in [0, 0.05) is 21.6 Å². The normalized spacial score (nSPS) is 16.8. The van der Waals surface area contributed by atoms with Gasteiger partial charge in [-0.05, 0) is 43.2 Å². The topological polar surface area (TPSA) is 70.2 Å². The van der Waals surface area contributed by atoms with Crippen molar-refractivity contribution in [1.82, 2.24) is 10.3 Å². The van der Waals surface area contributed by atoms with Crippen LogP contribution in [0.5, 0.6) is 0 Å². The van der Waals surface area contributed by atoms with Crippen molar-refractivity contribution >= 4 is 40.1 Å². The summed E-state index contributed by atoms with van der Waals surface area (Å²) in [5.74, 6) is 2.03. The number of hydrazone groups is 1. The molecule has 1 unspecified atom stereocenters. The highest BCUT2D eigenvalue weighted by Gasteiger charge is 2.36. The molecular formula is C27H27ClN4O2S. The molecule has 1 N–H and O–H groups in total. The molecule has 2 aliphatic heterocycles. The summed E-state index contributed by atoms with van der Waals surface area (Å²) >= 11 is 7.90. The molecule has 3 heterocycles. The van der Waals surface area contributed by atoms with E-state index in [0.717, 1.165) is 33.9 Å². The van der Waals surface area contributed by atoms with E-state index in [9.17, 15) is 4.79 Å². The maximum atomic E-state index is 13.3. The largest absolute Gasteiger partial charge is 0.457 e. The van der Waals surface area contributed by atoms with Gasteiger partial charge in [0.15, 0.2) is 10.9 Å². The van der Waals surface area contributed by atoms with Crippen molar-refractivity contribution in [2.24, 2.45) is 10.1 Å². The maximum absolute atomic E-state index is 13.3. The standard InChI is InChI=1S/C27H27ClN4O2S/c1-3-4-5-8-16-35-27-30-26(33)24-19-10-6-7-13-21(19)29-25(32(24)31-27)23-15-14-22(34-23)18-11-9-12-20(28)17(18)2/h6-7,9-15,25H,3-5,8,16H2,1-2H3,(H,30,31,33). The van der Waals surface area contributed by atoms with Crippen LogP contribution in [0, 0.1) is 6.92 Å². The van der Waals surface area contributed by atoms with Crippen molar-refractivity contribution in [2.45, 2.75) is 45.7 Å². The average Bonchev–Trinajstić information content (AvgIpc) is 3.34. The number of carbonyl (C=O) groups excluding carboxylic acids is 1. The van der Waals surface area contributed by atoms with E-state index in [1.165, 1.54) is 19.3 Å². The Morgan fingerprint density at radius 1 is 1.09 bits per heavy atom. The highest BCUT2D eigenvalue weighted by atomic mass is 35.5. The number of halogens is 1. The number of carbonyl (C=O) groups is 1. The minimum atomic E-state index is -0.588. The third kappa shape index (κ3) is 4.75. The predicted octanol–water partition coefficient (Wildman–Crippen LogP) is 5.36. The molecular weight excluding hydrogens is 480 g/mol. The fraction of sp³-hybridized carbons (Fsp3) is 0.296. The van der Waals surface area contributed by atoms with Gasteiger partial charge in [-0.15, -0.1) is 5.10 Å². The summed E-state index contributed by atoms with van der Waals surface area (Å²) in [5, 5.41) is 12.3. The Kier molecular flexibility index (Phi) is 6.97. The molecule has 3 aromatic rings. The lowest BCUT2D eigenvalue weighted by Gasteiger charge is -2.32. The summed E-state index contributed by atoms with van der Waals surface area (Å²) in [5.41, 5.74) is 2.35. The number of fused-ring (bicyclic) bond motifs is 2. The fourth-order valence-corrected chi connectivity index (χ4v) is 5.31. The Hall–Kier alpha value is -3.03. The third-order valence-electron chi connectivity index (χ3n) is 6.17. The molecule has 0 aliphatic carbocycles. The maximum Gasteiger partial charge on any atom is 0.276 e. The summed E-state index contributed by atoms with van der Waals surface area (Å²) in [6.45, 7) is 4.16. The van der Waals surface area contributed by atoms with E-state index in [1.54, 1.807) is 16.8 Å². The molecule has 1 aromatic heterocycles. The van der Waals surface area contributed by atoms with E-state index >= 15 is 0 Å². The average molecular weight is 507 g/mol. The number of furan rings is 1. The zero-order valence-electron chi connectivity index (χ0n) is 19.8. The van der Waals surface area contributed by atoms with Gasteiger partial charge < -0.3 is 4.42 Å². The van der Waals surface area contributed by atoms with Gasteiger partial charge in [0.05, 0.1) is 5.36 Å². The molecule has 0 spiro atoms. The van der Waals surface area contributed by atoms with Gasteiger partial charge in [0.1, 0.15) is 11.5 Å². The van der Waals surface area contributed by atoms with Crippen LogP contribution in [0.15, 0.2) is 69.1 Å². The molecule has 5 rings (SSSR count). The number of amides is 1. The minimum absolute atomic E-state index is 0.180. The number of nitrogens with one attached hydrogen (secondary N) is 1. The summed E-state index contributed by atoms with van der Waals surface area (Å²) in [6.07, 6.45) is 4.08. The first kappa shape index (κ1) is 23.7. The van der Waals surface area contributed by atoms with Crippen molar-refractivity contribution in [3.8, 4) is 11.3 Å². The lowest BCUT2D eigenvalue weighted by Crippen LogP contribution is -2.50. The zero-order valence-corrected chi connectivity index (χ0v) is 21.3. The zero-order chi connectivity index (χ0) is 24.4. The first-order chi connectivity index (χ1) is 17.1. The number of unbranched alkanes of at least 4 members (excludes halogenated alkanes) is 3. The van der Waals surface area contributed by atoms with Crippen molar-refractivity contribution in [1.29, 1.82) is 0 Å². The quantitative estimate of drug-likeness (QED) is 0.438. The molecule has 180 valence electrons. The Labute approximate surface area is 213 Å². The first-order valence-corrected chi connectivity index (χ1v) is 13.3. The van der Waals surface area contributed by atoms with E-state index in [-0.39, 0.29) is 5.91 Å². The molecule has 0 radical (unpaired) electrons. The van der Waals surface area contributed by atoms with E-state index in [0.29, 0.717) is 27.4 Å². The third-order valence-corrected chi connectivity index (χ3v) is 7.53. The molecule has 1 atom stereocenters. The minimum Gasteiger partial charge on any atom is -0.457 e. The van der Waals surface area contributed by atoms with Gasteiger partial charge in [-0.1, -0.05) is 79.9 Å². The Bertz CT molecular complexity index is 1410. The highest BCUT2D eigenvalue weighted by Crippen LogP contribution is 2.35. The summed E-state index contributed by atoms with van der Waals surface area (Å²) in [4.78, 5) is 18.2. The van der Waals surface area contributed by atoms with Gasteiger partial charge in [-0.3, -0.25) is 10.1 Å². The van der Waals surface area contributed by atoms with Crippen LogP contribution in [-0.4, -0.2) is 21.8 Å². The number of hydrogen-bond acceptors (Lipinski definition) is 6. The Balaban J connectivity index is 1.52. The molecule has 2 aromatic carbocycles. The second-order valence-corrected chi connectivity index (χ2v) is 10.1. The number of nitrogens with zero attached hydrogens (tertiary/aromatic N) is 3. The molecule has 0 bridgehead atoms. The number of benzene rings is 2. The van der Waals surface area contributed by atoms with Crippen LogP contribution in [0.25, 0.3) is 17.0 Å². The molecule has 1 amide bonds. The van der Waals surface area contributed by atoms with Crippen LogP contribution in [0.1, 0.15) is 50.1 Å². The SMILES string of the molecule is CCCCCCSC1=NN2C(=c3ccccc3=NC2c2ccc(-c3cccc(Cl)c3C)o2)C(=O)N1. The van der Waals surface area contributed by atoms with E-state index in [1.807, 2.05) is 61.5 Å². The lowest BCUT2D eigenvalue weighted by molar-refractivity contribution is -0.116. The van der Waals surface area contributed by atoms with Gasteiger partial charge >= 0.3 is 0 Å². The molecule has 0 saturated heterocycles. The van der Waals surface area contributed by atoms with Gasteiger partial charge in [0.25, 0.3) is 5.91 Å². The van der Waals surface area contributed by atoms with E-state index in [2.05, 4.69) is 12.2 Å². The number of thioether (sulfide) groups is 1. The monoisotopic (exact) mass is 506 g/mol. The smallest absolute Gasteiger partial charge is 0.276 e. The van der Waals surface area contributed by atoms with Crippen molar-refractivity contribution in [3.05, 3.63) is 81.5 Å².